The zero-order chi connectivity index (χ0) is 13.3. The van der Waals surface area contributed by atoms with Crippen LogP contribution in [-0.4, -0.2) is 14.5 Å². The third-order valence-corrected chi connectivity index (χ3v) is 4.66. The van der Waals surface area contributed by atoms with Crippen LogP contribution in [0.15, 0.2) is 23.1 Å². The minimum atomic E-state index is -3.63. The maximum Gasteiger partial charge on any atom is 0.240 e. The van der Waals surface area contributed by atoms with E-state index in [4.69, 9.17) is 5.73 Å². The van der Waals surface area contributed by atoms with Gasteiger partial charge in [-0.05, 0) is 37.0 Å². The van der Waals surface area contributed by atoms with E-state index in [0.29, 0.717) is 5.92 Å². The average molecular weight is 272 g/mol. The molecular formula is C12H17FN2O2S. The zero-order valence-electron chi connectivity index (χ0n) is 10.2. The van der Waals surface area contributed by atoms with Crippen LogP contribution in [0.5, 0.6) is 0 Å². The summed E-state index contributed by atoms with van der Waals surface area (Å²) in [6.07, 6.45) is 2.92. The summed E-state index contributed by atoms with van der Waals surface area (Å²) in [6.45, 7) is 2.07. The summed E-state index contributed by atoms with van der Waals surface area (Å²) < 4.78 is 39.8. The molecule has 2 rings (SSSR count). The Bertz CT molecular complexity index is 545. The molecule has 0 aliphatic heterocycles. The maximum absolute atomic E-state index is 13.2. The van der Waals surface area contributed by atoms with E-state index in [1.54, 1.807) is 0 Å². The molecule has 1 aromatic carbocycles. The number of rotatable bonds is 5. The van der Waals surface area contributed by atoms with Crippen molar-refractivity contribution in [2.24, 2.45) is 5.92 Å². The lowest BCUT2D eigenvalue weighted by molar-refractivity contribution is 0.570. The quantitative estimate of drug-likeness (QED) is 0.804. The molecule has 2 atom stereocenters. The normalized spacial score (nSPS) is 23.0. The fourth-order valence-corrected chi connectivity index (χ4v) is 3.35. The highest BCUT2D eigenvalue weighted by Gasteiger charge is 2.39. The van der Waals surface area contributed by atoms with Crippen molar-refractivity contribution in [3.8, 4) is 0 Å². The van der Waals surface area contributed by atoms with Crippen LogP contribution < -0.4 is 10.5 Å². The van der Waals surface area contributed by atoms with Crippen molar-refractivity contribution in [3.05, 3.63) is 24.0 Å². The molecule has 1 fully saturated rings. The van der Waals surface area contributed by atoms with Gasteiger partial charge in [0.2, 0.25) is 10.0 Å². The lowest BCUT2D eigenvalue weighted by Crippen LogP contribution is -2.27. The second kappa shape index (κ2) is 4.85. The highest BCUT2D eigenvalue weighted by atomic mass is 32.2. The summed E-state index contributed by atoms with van der Waals surface area (Å²) in [5, 5.41) is 0. The first-order valence-corrected chi connectivity index (χ1v) is 7.49. The van der Waals surface area contributed by atoms with Crippen LogP contribution in [0.1, 0.15) is 26.2 Å². The molecule has 0 aromatic heterocycles. The van der Waals surface area contributed by atoms with Crippen LogP contribution >= 0.6 is 0 Å². The van der Waals surface area contributed by atoms with Crippen molar-refractivity contribution in [3.63, 3.8) is 0 Å². The van der Waals surface area contributed by atoms with Gasteiger partial charge >= 0.3 is 0 Å². The first-order valence-electron chi connectivity index (χ1n) is 6.01. The fraction of sp³-hybridized carbons (Fsp3) is 0.500. The molecule has 1 aliphatic rings. The number of sulfonamides is 1. The molecule has 100 valence electrons. The van der Waals surface area contributed by atoms with Gasteiger partial charge in [-0.25, -0.2) is 17.5 Å². The van der Waals surface area contributed by atoms with E-state index >= 15 is 0 Å². The lowest BCUT2D eigenvalue weighted by atomic mass is 10.2. The van der Waals surface area contributed by atoms with E-state index < -0.39 is 15.8 Å². The summed E-state index contributed by atoms with van der Waals surface area (Å²) >= 11 is 0. The highest BCUT2D eigenvalue weighted by molar-refractivity contribution is 7.89. The number of hydrogen-bond donors (Lipinski definition) is 2. The van der Waals surface area contributed by atoms with Crippen LogP contribution in [0.4, 0.5) is 10.1 Å². The Morgan fingerprint density at radius 3 is 2.83 bits per heavy atom. The number of nitrogens with two attached hydrogens (primary N) is 1. The van der Waals surface area contributed by atoms with Crippen molar-refractivity contribution in [2.75, 3.05) is 5.73 Å². The number of anilines is 1. The molecule has 1 aromatic rings. The van der Waals surface area contributed by atoms with Crippen molar-refractivity contribution in [2.45, 2.75) is 37.1 Å². The Kier molecular flexibility index (Phi) is 3.59. The molecule has 6 heteroatoms. The Hall–Kier alpha value is -1.14. The SMILES string of the molecule is CCCC1CC1NS(=O)(=O)c1ccc(N)c(F)c1. The van der Waals surface area contributed by atoms with E-state index in [1.165, 1.54) is 12.1 Å². The number of halogens is 1. The molecule has 4 nitrogen and oxygen atoms in total. The fourth-order valence-electron chi connectivity index (χ4n) is 2.02. The smallest absolute Gasteiger partial charge is 0.240 e. The Morgan fingerprint density at radius 2 is 2.22 bits per heavy atom. The molecule has 0 saturated heterocycles. The zero-order valence-corrected chi connectivity index (χ0v) is 11.0. The molecule has 1 aliphatic carbocycles. The first-order chi connectivity index (χ1) is 8.44. The molecule has 0 heterocycles. The molecule has 1 saturated carbocycles. The summed E-state index contributed by atoms with van der Waals surface area (Å²) in [6, 6.07) is 3.53. The second-order valence-corrected chi connectivity index (χ2v) is 6.41. The van der Waals surface area contributed by atoms with Gasteiger partial charge in [-0.2, -0.15) is 0 Å². The molecule has 0 bridgehead atoms. The van der Waals surface area contributed by atoms with Crippen LogP contribution in [0, 0.1) is 11.7 Å². The highest BCUT2D eigenvalue weighted by Crippen LogP contribution is 2.35. The van der Waals surface area contributed by atoms with Crippen LogP contribution in [0.3, 0.4) is 0 Å². The average Bonchev–Trinajstić information content (AvgIpc) is 3.00. The summed E-state index contributed by atoms with van der Waals surface area (Å²) in [4.78, 5) is -0.0728. The van der Waals surface area contributed by atoms with E-state index in [0.717, 1.165) is 25.3 Å². The van der Waals surface area contributed by atoms with Gasteiger partial charge in [0.05, 0.1) is 10.6 Å². The van der Waals surface area contributed by atoms with Gasteiger partial charge in [-0.3, -0.25) is 0 Å². The predicted octanol–water partition coefficient (Wildman–Crippen LogP) is 1.87. The monoisotopic (exact) mass is 272 g/mol. The topological polar surface area (TPSA) is 72.2 Å². The van der Waals surface area contributed by atoms with Gasteiger partial charge in [0.25, 0.3) is 0 Å². The van der Waals surface area contributed by atoms with Crippen LogP contribution in [-0.2, 0) is 10.0 Å². The van der Waals surface area contributed by atoms with Gasteiger partial charge in [-0.1, -0.05) is 13.3 Å². The summed E-state index contributed by atoms with van der Waals surface area (Å²) in [5.74, 6) is -0.290. The molecule has 3 N–H and O–H groups in total. The largest absolute Gasteiger partial charge is 0.396 e. The van der Waals surface area contributed by atoms with Crippen molar-refractivity contribution >= 4 is 15.7 Å². The predicted molar refractivity (Wildman–Crippen MR) is 67.9 cm³/mol. The van der Waals surface area contributed by atoms with E-state index in [9.17, 15) is 12.8 Å². The molecular weight excluding hydrogens is 255 g/mol. The molecule has 0 spiro atoms. The third-order valence-electron chi connectivity index (χ3n) is 3.17. The summed E-state index contributed by atoms with van der Waals surface area (Å²) in [5.41, 5.74) is 5.27. The van der Waals surface area contributed by atoms with Crippen molar-refractivity contribution < 1.29 is 12.8 Å². The number of benzene rings is 1. The maximum atomic E-state index is 13.2. The number of nitrogen functional groups attached to an aromatic ring is 1. The van der Waals surface area contributed by atoms with Crippen molar-refractivity contribution in [1.82, 2.24) is 4.72 Å². The molecule has 0 amide bonds. The Morgan fingerprint density at radius 1 is 1.50 bits per heavy atom. The third kappa shape index (κ3) is 2.81. The number of hydrogen-bond acceptors (Lipinski definition) is 3. The second-order valence-electron chi connectivity index (χ2n) is 4.70. The van der Waals surface area contributed by atoms with Gasteiger partial charge in [0.1, 0.15) is 5.82 Å². The minimum Gasteiger partial charge on any atom is -0.396 e. The standard InChI is InChI=1S/C12H17FN2O2S/c1-2-3-8-6-12(8)15-18(16,17)9-4-5-11(14)10(13)7-9/h4-5,7-8,12,15H,2-3,6,14H2,1H3. The minimum absolute atomic E-state index is 0.00411. The van der Waals surface area contributed by atoms with Crippen molar-refractivity contribution in [1.29, 1.82) is 0 Å². The first kappa shape index (κ1) is 13.3. The van der Waals surface area contributed by atoms with E-state index in [1.807, 2.05) is 0 Å². The van der Waals surface area contributed by atoms with Crippen LogP contribution in [0.25, 0.3) is 0 Å². The van der Waals surface area contributed by atoms with E-state index in [-0.39, 0.29) is 16.6 Å². The lowest BCUT2D eigenvalue weighted by Gasteiger charge is -2.07. The van der Waals surface area contributed by atoms with E-state index in [2.05, 4.69) is 11.6 Å². The number of nitrogens with one attached hydrogen (secondary N) is 1. The van der Waals surface area contributed by atoms with Gasteiger partial charge in [-0.15, -0.1) is 0 Å². The molecule has 0 radical (unpaired) electrons. The molecule has 18 heavy (non-hydrogen) atoms. The Balaban J connectivity index is 2.09. The summed E-state index contributed by atoms with van der Waals surface area (Å²) in [7, 11) is -3.63. The van der Waals surface area contributed by atoms with Gasteiger partial charge in [0, 0.05) is 6.04 Å². The Labute approximate surface area is 106 Å². The van der Waals surface area contributed by atoms with Gasteiger partial charge < -0.3 is 5.73 Å². The van der Waals surface area contributed by atoms with Gasteiger partial charge in [0.15, 0.2) is 0 Å². The molecule has 2 unspecified atom stereocenters. The van der Waals surface area contributed by atoms with Crippen LogP contribution in [0.2, 0.25) is 0 Å².